The minimum Gasteiger partial charge on any atom is -0.462 e. The molecule has 0 aliphatic carbocycles. The molecule has 6 heteroatoms. The number of likely N-dealkylation sites (tertiary alicyclic amines) is 1. The van der Waals surface area contributed by atoms with Gasteiger partial charge in [-0.2, -0.15) is 4.37 Å². The van der Waals surface area contributed by atoms with Gasteiger partial charge in [0.05, 0.1) is 12.3 Å². The van der Waals surface area contributed by atoms with Crippen LogP contribution in [0, 0.1) is 6.92 Å². The van der Waals surface area contributed by atoms with Gasteiger partial charge in [-0.05, 0) is 58.4 Å². The van der Waals surface area contributed by atoms with Gasteiger partial charge in [0.2, 0.25) is 0 Å². The van der Waals surface area contributed by atoms with Crippen molar-refractivity contribution in [3.05, 3.63) is 11.3 Å². The van der Waals surface area contributed by atoms with Gasteiger partial charge in [-0.15, -0.1) is 0 Å². The van der Waals surface area contributed by atoms with Crippen molar-refractivity contribution in [1.82, 2.24) is 9.27 Å². The zero-order chi connectivity index (χ0) is 13.8. The highest BCUT2D eigenvalue weighted by molar-refractivity contribution is 7.10. The van der Waals surface area contributed by atoms with Gasteiger partial charge >= 0.3 is 5.97 Å². The normalized spacial score (nSPS) is 17.4. The molecule has 0 bridgehead atoms. The lowest BCUT2D eigenvalue weighted by Gasteiger charge is -2.29. The van der Waals surface area contributed by atoms with E-state index in [1.54, 1.807) is 0 Å². The number of anilines is 1. The molecule has 1 aliphatic rings. The number of piperidine rings is 1. The second kappa shape index (κ2) is 6.34. The SMILES string of the molecule is CCOC(=O)c1c(C)nsc1NC1CCN(C)CC1. The van der Waals surface area contributed by atoms with E-state index >= 15 is 0 Å². The smallest absolute Gasteiger partial charge is 0.343 e. The highest BCUT2D eigenvalue weighted by Crippen LogP contribution is 2.27. The maximum absolute atomic E-state index is 11.9. The molecular weight excluding hydrogens is 262 g/mol. The average Bonchev–Trinajstić information content (AvgIpc) is 2.74. The van der Waals surface area contributed by atoms with Crippen LogP contribution in [0.3, 0.4) is 0 Å². The molecule has 0 radical (unpaired) electrons. The maximum atomic E-state index is 11.9. The lowest BCUT2D eigenvalue weighted by Crippen LogP contribution is -2.36. The molecule has 0 spiro atoms. The molecule has 1 fully saturated rings. The molecule has 19 heavy (non-hydrogen) atoms. The number of nitrogens with one attached hydrogen (secondary N) is 1. The molecule has 106 valence electrons. The van der Waals surface area contributed by atoms with Crippen molar-refractivity contribution < 1.29 is 9.53 Å². The van der Waals surface area contributed by atoms with Crippen LogP contribution in [0.5, 0.6) is 0 Å². The van der Waals surface area contributed by atoms with Crippen molar-refractivity contribution >= 4 is 22.5 Å². The van der Waals surface area contributed by atoms with Crippen molar-refractivity contribution in [3.8, 4) is 0 Å². The van der Waals surface area contributed by atoms with E-state index in [-0.39, 0.29) is 5.97 Å². The lowest BCUT2D eigenvalue weighted by atomic mass is 10.1. The van der Waals surface area contributed by atoms with Crippen LogP contribution in [0.1, 0.15) is 35.8 Å². The molecule has 1 aromatic rings. The van der Waals surface area contributed by atoms with Gasteiger partial charge in [0.25, 0.3) is 0 Å². The van der Waals surface area contributed by atoms with Crippen LogP contribution < -0.4 is 5.32 Å². The minimum absolute atomic E-state index is 0.274. The van der Waals surface area contributed by atoms with Gasteiger partial charge in [0.1, 0.15) is 10.6 Å². The first kappa shape index (κ1) is 14.3. The number of nitrogens with zero attached hydrogens (tertiary/aromatic N) is 2. The molecule has 1 aliphatic heterocycles. The van der Waals surface area contributed by atoms with E-state index in [4.69, 9.17) is 4.74 Å². The van der Waals surface area contributed by atoms with Crippen LogP contribution in [-0.4, -0.2) is 48.0 Å². The summed E-state index contributed by atoms with van der Waals surface area (Å²) in [5, 5.41) is 4.31. The summed E-state index contributed by atoms with van der Waals surface area (Å²) in [4.78, 5) is 14.3. The summed E-state index contributed by atoms with van der Waals surface area (Å²) in [6, 6.07) is 0.421. The zero-order valence-electron chi connectivity index (χ0n) is 11.7. The van der Waals surface area contributed by atoms with E-state index in [1.165, 1.54) is 11.5 Å². The number of aryl methyl sites for hydroxylation is 1. The first-order valence-electron chi connectivity index (χ1n) is 6.70. The number of aromatic nitrogens is 1. The maximum Gasteiger partial charge on any atom is 0.343 e. The largest absolute Gasteiger partial charge is 0.462 e. The monoisotopic (exact) mass is 283 g/mol. The van der Waals surface area contributed by atoms with E-state index in [9.17, 15) is 4.79 Å². The van der Waals surface area contributed by atoms with Crippen molar-refractivity contribution in [1.29, 1.82) is 0 Å². The van der Waals surface area contributed by atoms with Crippen LogP contribution in [0.15, 0.2) is 0 Å². The van der Waals surface area contributed by atoms with Crippen LogP contribution in [0.25, 0.3) is 0 Å². The van der Waals surface area contributed by atoms with Crippen LogP contribution in [0.4, 0.5) is 5.00 Å². The van der Waals surface area contributed by atoms with E-state index in [0.29, 0.717) is 18.2 Å². The Morgan fingerprint density at radius 2 is 2.21 bits per heavy atom. The summed E-state index contributed by atoms with van der Waals surface area (Å²) in [6.45, 7) is 6.23. The third-order valence-corrected chi connectivity index (χ3v) is 4.27. The molecule has 1 N–H and O–H groups in total. The zero-order valence-corrected chi connectivity index (χ0v) is 12.5. The Bertz CT molecular complexity index is 439. The molecule has 0 atom stereocenters. The molecule has 0 amide bonds. The van der Waals surface area contributed by atoms with E-state index < -0.39 is 0 Å². The Morgan fingerprint density at radius 3 is 2.84 bits per heavy atom. The minimum atomic E-state index is -0.274. The number of hydrogen-bond donors (Lipinski definition) is 1. The fourth-order valence-corrected chi connectivity index (χ4v) is 3.11. The fourth-order valence-electron chi connectivity index (χ4n) is 2.25. The Balaban J connectivity index is 2.06. The summed E-state index contributed by atoms with van der Waals surface area (Å²) in [5.41, 5.74) is 1.35. The number of rotatable bonds is 4. The molecule has 2 rings (SSSR count). The first-order valence-corrected chi connectivity index (χ1v) is 7.47. The quantitative estimate of drug-likeness (QED) is 0.858. The molecule has 1 saturated heterocycles. The molecule has 0 unspecified atom stereocenters. The highest BCUT2D eigenvalue weighted by atomic mass is 32.1. The number of carbonyl (C=O) groups excluding carboxylic acids is 1. The van der Waals surface area contributed by atoms with Crippen LogP contribution >= 0.6 is 11.5 Å². The second-order valence-corrected chi connectivity index (χ2v) is 5.69. The van der Waals surface area contributed by atoms with Gasteiger partial charge in [-0.1, -0.05) is 0 Å². The Kier molecular flexibility index (Phi) is 4.76. The average molecular weight is 283 g/mol. The van der Waals surface area contributed by atoms with E-state index in [1.807, 2.05) is 13.8 Å². The number of carbonyl (C=O) groups is 1. The van der Waals surface area contributed by atoms with Crippen molar-refractivity contribution in [2.75, 3.05) is 32.1 Å². The summed E-state index contributed by atoms with van der Waals surface area (Å²) in [5.74, 6) is -0.274. The third-order valence-electron chi connectivity index (χ3n) is 3.40. The highest BCUT2D eigenvalue weighted by Gasteiger charge is 2.23. The Labute approximate surface area is 118 Å². The Morgan fingerprint density at radius 1 is 1.53 bits per heavy atom. The summed E-state index contributed by atoms with van der Waals surface area (Å²) >= 11 is 1.35. The molecule has 2 heterocycles. The predicted octanol–water partition coefficient (Wildman–Crippen LogP) is 2.13. The topological polar surface area (TPSA) is 54.5 Å². The van der Waals surface area contributed by atoms with Gasteiger partial charge in [0.15, 0.2) is 0 Å². The fraction of sp³-hybridized carbons (Fsp3) is 0.692. The van der Waals surface area contributed by atoms with E-state index in [2.05, 4.69) is 21.6 Å². The number of esters is 1. The first-order chi connectivity index (χ1) is 9.11. The van der Waals surface area contributed by atoms with Gasteiger partial charge in [-0.3, -0.25) is 0 Å². The van der Waals surface area contributed by atoms with Crippen molar-refractivity contribution in [2.45, 2.75) is 32.7 Å². The number of hydrogen-bond acceptors (Lipinski definition) is 6. The van der Waals surface area contributed by atoms with Gasteiger partial charge in [0, 0.05) is 6.04 Å². The van der Waals surface area contributed by atoms with Gasteiger partial charge < -0.3 is 15.0 Å². The predicted molar refractivity (Wildman–Crippen MR) is 76.9 cm³/mol. The molecule has 5 nitrogen and oxygen atoms in total. The molecule has 0 saturated carbocycles. The van der Waals surface area contributed by atoms with Crippen molar-refractivity contribution in [3.63, 3.8) is 0 Å². The number of ether oxygens (including phenoxy) is 1. The van der Waals surface area contributed by atoms with Crippen LogP contribution in [0.2, 0.25) is 0 Å². The Hall–Kier alpha value is -1.14. The van der Waals surface area contributed by atoms with E-state index in [0.717, 1.165) is 36.6 Å². The third kappa shape index (κ3) is 3.45. The lowest BCUT2D eigenvalue weighted by molar-refractivity contribution is 0.0527. The van der Waals surface area contributed by atoms with Gasteiger partial charge in [-0.25, -0.2) is 4.79 Å². The standard InChI is InChI=1S/C13H21N3O2S/c1-4-18-13(17)11-9(2)15-19-12(11)14-10-5-7-16(3)8-6-10/h10,14H,4-8H2,1-3H3. The molecular formula is C13H21N3O2S. The second-order valence-electron chi connectivity index (χ2n) is 4.91. The molecule has 0 aromatic carbocycles. The summed E-state index contributed by atoms with van der Waals surface area (Å²) in [7, 11) is 2.14. The molecule has 1 aromatic heterocycles. The summed E-state index contributed by atoms with van der Waals surface area (Å²) < 4.78 is 9.36. The summed E-state index contributed by atoms with van der Waals surface area (Å²) in [6.07, 6.45) is 2.19. The van der Waals surface area contributed by atoms with Crippen LogP contribution in [-0.2, 0) is 4.74 Å². The van der Waals surface area contributed by atoms with Crippen molar-refractivity contribution in [2.24, 2.45) is 0 Å².